The molecule has 9 rings (SSSR count). The fourth-order valence-corrected chi connectivity index (χ4v) is 15.8. The molecular weight excluding hydrogens is 1960 g/mol. The fraction of sp³-hybridized carbons (Fsp3) is 0.889. The summed E-state index contributed by atoms with van der Waals surface area (Å²) in [7, 11) is 4.38. The van der Waals surface area contributed by atoms with Gasteiger partial charge in [-0.2, -0.15) is 4.74 Å². The van der Waals surface area contributed by atoms with Gasteiger partial charge in [0.1, 0.15) is 189 Å². The van der Waals surface area contributed by atoms with Crippen molar-refractivity contribution in [3.8, 4) is 0 Å². The number of epoxide rings is 1. The maximum absolute atomic E-state index is 13.0. The highest BCUT2D eigenvalue weighted by atomic mass is 16.8. The number of nitrogens with one attached hydrogen (secondary N) is 4. The summed E-state index contributed by atoms with van der Waals surface area (Å²) < 4.78 is 127. The quantitative estimate of drug-likeness (QED) is 0.0199. The van der Waals surface area contributed by atoms with E-state index in [0.29, 0.717) is 0 Å². The van der Waals surface area contributed by atoms with Crippen molar-refractivity contribution in [3.63, 3.8) is 0 Å². The maximum Gasteiger partial charge on any atom is 0.335 e. The monoisotopic (exact) mass is 2090 g/mol. The molecule has 4 amide bonds. The first-order valence-corrected chi connectivity index (χ1v) is 45.0. The number of carboxylic acid groups (broad SMARTS) is 4. The number of aliphatic hydroxyl groups is 23. The minimum absolute atomic E-state index is 0.167. The van der Waals surface area contributed by atoms with Crippen LogP contribution in [-0.4, -0.2) is 587 Å². The predicted molar refractivity (Wildman–Crippen MR) is 449 cm³/mol. The zero-order valence-corrected chi connectivity index (χ0v) is 78.3. The number of hydrogen-bond acceptors (Lipinski definition) is 54. The minimum atomic E-state index is -2.38. The van der Waals surface area contributed by atoms with Gasteiger partial charge in [0.2, 0.25) is 37.0 Å². The lowest BCUT2D eigenvalue weighted by molar-refractivity contribution is -0.368. The van der Waals surface area contributed by atoms with Gasteiger partial charge in [0.15, 0.2) is 68.4 Å². The van der Waals surface area contributed by atoms with E-state index in [1.54, 1.807) is 0 Å². The highest BCUT2D eigenvalue weighted by Crippen LogP contribution is 2.40. The van der Waals surface area contributed by atoms with Crippen LogP contribution in [-0.2, 0) is 147 Å². The van der Waals surface area contributed by atoms with E-state index in [0.717, 1.165) is 41.4 Å². The van der Waals surface area contributed by atoms with Crippen LogP contribution in [0.4, 0.5) is 0 Å². The summed E-state index contributed by atoms with van der Waals surface area (Å²) in [4.78, 5) is 99.1. The number of ether oxygens (including phenoxy) is 23. The molecule has 0 spiro atoms. The van der Waals surface area contributed by atoms with E-state index in [-0.39, 0.29) is 45.7 Å². The maximum atomic E-state index is 13.0. The highest BCUT2D eigenvalue weighted by Gasteiger charge is 2.62. The van der Waals surface area contributed by atoms with Crippen molar-refractivity contribution in [1.29, 1.82) is 0 Å². The molecule has 0 bridgehead atoms. The summed E-state index contributed by atoms with van der Waals surface area (Å²) in [5.41, 5.74) is 0. The lowest BCUT2D eigenvalue weighted by Crippen LogP contribution is -2.70. The van der Waals surface area contributed by atoms with Gasteiger partial charge in [-0.25, -0.2) is 19.2 Å². The Bertz CT molecular complexity index is 3810. The van der Waals surface area contributed by atoms with Crippen LogP contribution in [0.25, 0.3) is 0 Å². The van der Waals surface area contributed by atoms with Crippen molar-refractivity contribution in [2.24, 2.45) is 11.8 Å². The third-order valence-corrected chi connectivity index (χ3v) is 23.4. The zero-order valence-electron chi connectivity index (χ0n) is 78.3. The molecule has 45 unspecified atom stereocenters. The van der Waals surface area contributed by atoms with Crippen LogP contribution in [0, 0.1) is 18.9 Å². The fourth-order valence-electron chi connectivity index (χ4n) is 15.8. The number of carboxylic acids is 4. The lowest BCUT2D eigenvalue weighted by atomic mass is 9.90. The summed E-state index contributed by atoms with van der Waals surface area (Å²) in [6.45, 7) is -0.351. The highest BCUT2D eigenvalue weighted by molar-refractivity contribution is 5.76. The third-order valence-electron chi connectivity index (χ3n) is 23.4. The normalized spacial score (nSPS) is 39.6. The minimum Gasteiger partial charge on any atom is -0.479 e. The van der Waals surface area contributed by atoms with E-state index < -0.39 is 402 Å². The number of amides is 4. The lowest BCUT2D eigenvalue weighted by Gasteiger charge is -2.50. The van der Waals surface area contributed by atoms with E-state index in [1.807, 2.05) is 0 Å². The first-order valence-electron chi connectivity index (χ1n) is 45.0. The summed E-state index contributed by atoms with van der Waals surface area (Å²) in [5.74, 6) is -12.3. The molecule has 9 heterocycles. The third kappa shape index (κ3) is 34.9. The Morgan fingerprint density at radius 2 is 0.594 bits per heavy atom. The molecule has 62 nitrogen and oxygen atoms in total. The van der Waals surface area contributed by atoms with Gasteiger partial charge in [-0.3, -0.25) is 19.2 Å². The number of rotatable bonds is 51. The Kier molecular flexibility index (Phi) is 51.4. The van der Waals surface area contributed by atoms with Crippen LogP contribution >= 0.6 is 0 Å². The van der Waals surface area contributed by atoms with Crippen molar-refractivity contribution in [2.75, 3.05) is 126 Å². The number of carbonyl (C=O) groups excluding carboxylic acids is 4. The van der Waals surface area contributed by atoms with Gasteiger partial charge in [-0.05, 0) is 0 Å². The number of carbonyl (C=O) groups is 8. The first-order chi connectivity index (χ1) is 67.5. The van der Waals surface area contributed by atoms with Crippen molar-refractivity contribution in [3.05, 3.63) is 7.11 Å². The van der Waals surface area contributed by atoms with Crippen molar-refractivity contribution in [1.82, 2.24) is 21.3 Å². The molecule has 828 valence electrons. The molecule has 0 saturated carbocycles. The van der Waals surface area contributed by atoms with E-state index in [1.165, 1.54) is 13.8 Å². The van der Waals surface area contributed by atoms with Crippen LogP contribution in [0.15, 0.2) is 0 Å². The molecule has 0 radical (unpaired) electrons. The number of aliphatic carboxylic acids is 4. The van der Waals surface area contributed by atoms with Crippen LogP contribution < -0.4 is 21.3 Å². The summed E-state index contributed by atoms with van der Waals surface area (Å²) >= 11 is 0. The van der Waals surface area contributed by atoms with E-state index in [2.05, 4.69) is 33.1 Å². The first kappa shape index (κ1) is 124. The average molecular weight is 2090 g/mol. The van der Waals surface area contributed by atoms with Crippen molar-refractivity contribution in [2.45, 2.75) is 317 Å². The average Bonchev–Trinajstić information content (AvgIpc) is 1.41. The van der Waals surface area contributed by atoms with Gasteiger partial charge in [-0.1, -0.05) is 13.8 Å². The Hall–Kier alpha value is -6.21. The molecule has 9 saturated heterocycles. The van der Waals surface area contributed by atoms with Gasteiger partial charge in [0.25, 0.3) is 0 Å². The summed E-state index contributed by atoms with van der Waals surface area (Å²) in [5, 5.41) is 289. The molecule has 0 aromatic carbocycles. The topological polar surface area (TPSA) is 946 Å². The predicted octanol–water partition coefficient (Wildman–Crippen LogP) is -18.9. The van der Waals surface area contributed by atoms with Crippen molar-refractivity contribution >= 4 is 47.5 Å². The molecule has 9 fully saturated rings. The smallest absolute Gasteiger partial charge is 0.335 e. The zero-order chi connectivity index (χ0) is 107. The van der Waals surface area contributed by atoms with Crippen molar-refractivity contribution < 1.29 is 285 Å². The number of hydrogen-bond donors (Lipinski definition) is 31. The van der Waals surface area contributed by atoms with Gasteiger partial charge in [-0.15, -0.1) is 0 Å². The molecule has 9 aliphatic rings. The summed E-state index contributed by atoms with van der Waals surface area (Å²) in [6.07, 6.45) is -72.4. The molecule has 0 aliphatic carbocycles. The van der Waals surface area contributed by atoms with Gasteiger partial charge >= 0.3 is 23.9 Å². The Labute approximate surface area is 813 Å². The molecule has 0 aromatic heterocycles. The number of aliphatic hydroxyl groups excluding tert-OH is 23. The number of methoxy groups -OCH3 is 1. The summed E-state index contributed by atoms with van der Waals surface area (Å²) in [6, 6.07) is -6.41. The van der Waals surface area contributed by atoms with Crippen LogP contribution in [0.1, 0.15) is 41.5 Å². The molecule has 9 aliphatic heterocycles. The standard InChI is InChI=1S/C48H84N2O34.C30H46N2O22.C3H6O2/c1-19-32(61)36(65)47(80-38(19)43(67)68)82-40-31(50-21(3)55)46(79-29(34(40)63)18-76-13-26(60)11-72-10-25(59)12-74-16-27(77-14-24(58)7-53)15-73-8-22(56)5-51)83-41-35(64)37(66)48(84-42(41)44(69)70)81-39-30(49-20(2)54)45(71-4)78-28(33(39)62)17-75-9-23(57)6-52;1-7-14(37)18(41)29(50-20(7)25(43)44)52-22-13(32-9(3)36)28(49-11(6-34)16(22)39)53-23-17(40)19(42)30(54-24(23)26(45)46)51-21-12(31-8(2)35)27(47-4)48-10(5-33)15(21)38;4-1-3-2-5-3/h19,22-42,45-48,51-53,56-66H,5-18H2,1-4H3,(H,49,54)(H,50,55)(H,67,68)(H,69,70);7,10-24,27-30,33-34,37-42H,4-6H2,1-3H3,(H3-,31,32,35,36,43,44,45,46);3-4H,1-2H2/p+1/t19-,22?,23?,24?,25?,26?,27?,28?,29?,30?,31?,32?,33?,34?,35?,36?,37?,38?,39?,40?,41?,42?,45?,46?,47?,48?;7-,10?,11?,12?,13?,14?,15?,16?,17?,18?,19?,20?,21?,22?,23?,24?,27?,28?,29?,30?;/m00./s1. The second-order valence-electron chi connectivity index (χ2n) is 34.7. The Balaban J connectivity index is 0.000000401. The second-order valence-corrected chi connectivity index (χ2v) is 34.7. The van der Waals surface area contributed by atoms with E-state index >= 15 is 0 Å². The van der Waals surface area contributed by atoms with Crippen LogP contribution in [0.2, 0.25) is 0 Å². The van der Waals surface area contributed by atoms with Gasteiger partial charge in [0, 0.05) is 46.6 Å². The van der Waals surface area contributed by atoms with E-state index in [9.17, 15) is 161 Å². The molecule has 143 heavy (non-hydrogen) atoms. The van der Waals surface area contributed by atoms with Crippen LogP contribution in [0.3, 0.4) is 0 Å². The van der Waals surface area contributed by atoms with Gasteiger partial charge in [0.05, 0.1) is 131 Å². The SMILES string of the molecule is COC1OC(COCC(O)CO)C(O)C(OC2OC(C(=O)O)C(OC3OC(COCC(O)COCC(O)COCC(COCC(O)CO)OCC(O)CO)C(O)C(OC4OC(C(=O)O)[C@@H](C)C(O)C4O)C3NC(C)=O)C(O)C2O)C1NC(C)=O.OCC1CO1.[CH2+]OC1OC(CO)C(O)C(OC2OC(C(=O)O)C(OC3OC(CO)C(O)C(OC4OC(C(=O)O)[C@@H](C)C(O)C4O)C3NC(C)=O)C(O)C2O)C1NC(C)=O. The van der Waals surface area contributed by atoms with E-state index in [4.69, 9.17) is 120 Å². The molecule has 62 heteroatoms. The molecular formula is C81H137N4O58+. The van der Waals surface area contributed by atoms with Crippen LogP contribution in [0.5, 0.6) is 0 Å². The Morgan fingerprint density at radius 1 is 0.322 bits per heavy atom. The molecule has 0 aromatic rings. The Morgan fingerprint density at radius 3 is 0.902 bits per heavy atom. The largest absolute Gasteiger partial charge is 0.479 e. The van der Waals surface area contributed by atoms with Gasteiger partial charge < -0.3 is 263 Å². The second kappa shape index (κ2) is 59.4. The molecule has 31 N–H and O–H groups in total. The molecule has 47 atom stereocenters.